The van der Waals surface area contributed by atoms with Crippen molar-refractivity contribution in [2.75, 3.05) is 26.2 Å². The van der Waals surface area contributed by atoms with E-state index in [2.05, 4.69) is 10.4 Å². The van der Waals surface area contributed by atoms with Crippen LogP contribution in [-0.2, 0) is 6.54 Å². The van der Waals surface area contributed by atoms with Gasteiger partial charge in [-0.3, -0.25) is 9.48 Å². The molecule has 8 heteroatoms. The average Bonchev–Trinajstić information content (AvgIpc) is 3.23. The molecule has 1 unspecified atom stereocenters. The fraction of sp³-hybridized carbons (Fsp3) is 0.353. The van der Waals surface area contributed by atoms with Crippen molar-refractivity contribution in [3.05, 3.63) is 52.8 Å². The van der Waals surface area contributed by atoms with Crippen LogP contribution in [0.1, 0.15) is 15.9 Å². The van der Waals surface area contributed by atoms with E-state index >= 15 is 0 Å². The quantitative estimate of drug-likeness (QED) is 0.901. The number of benzene rings is 1. The number of nitrogens with zero attached hydrogens (tertiary/aromatic N) is 4. The molecule has 1 N–H and O–H groups in total. The van der Waals surface area contributed by atoms with Crippen LogP contribution in [-0.4, -0.2) is 63.7 Å². The Labute approximate surface area is 150 Å². The smallest absolute Gasteiger partial charge is 0.317 e. The molecular formula is C17H18ClN5O2. The summed E-state index contributed by atoms with van der Waals surface area (Å²) in [4.78, 5) is 28.0. The molecule has 2 aliphatic rings. The molecule has 0 aliphatic carbocycles. The van der Waals surface area contributed by atoms with Crippen LogP contribution in [0.5, 0.6) is 0 Å². The highest BCUT2D eigenvalue weighted by atomic mass is 35.5. The Morgan fingerprint density at radius 3 is 3.00 bits per heavy atom. The molecule has 2 aliphatic heterocycles. The molecule has 25 heavy (non-hydrogen) atoms. The summed E-state index contributed by atoms with van der Waals surface area (Å²) in [7, 11) is 0. The topological polar surface area (TPSA) is 70.5 Å². The Bertz CT molecular complexity index is 821. The second kappa shape index (κ2) is 6.40. The van der Waals surface area contributed by atoms with E-state index in [4.69, 9.17) is 11.6 Å². The number of amides is 3. The molecule has 1 aromatic heterocycles. The normalized spacial score (nSPS) is 19.7. The van der Waals surface area contributed by atoms with Crippen molar-refractivity contribution in [3.8, 4) is 0 Å². The molecule has 0 radical (unpaired) electrons. The van der Waals surface area contributed by atoms with E-state index in [0.29, 0.717) is 43.3 Å². The molecule has 130 valence electrons. The van der Waals surface area contributed by atoms with Gasteiger partial charge in [0.15, 0.2) is 0 Å². The predicted octanol–water partition coefficient (Wildman–Crippen LogP) is 1.43. The minimum absolute atomic E-state index is 0.0374. The minimum Gasteiger partial charge on any atom is -0.336 e. The maximum absolute atomic E-state index is 12.7. The standard InChI is InChI=1S/C17H18ClN5O2/c18-15-4-2-1-3-12(15)9-22-10-13(7-20-22)16(24)21-5-6-23-14(11-21)8-19-17(23)25/h1-4,7,10,14H,5-6,8-9,11H2,(H,19,25). The van der Waals surface area contributed by atoms with Gasteiger partial charge in [0.2, 0.25) is 0 Å². The largest absolute Gasteiger partial charge is 0.336 e. The number of piperazine rings is 1. The molecule has 1 aromatic carbocycles. The molecule has 3 heterocycles. The second-order valence-electron chi connectivity index (χ2n) is 6.30. The van der Waals surface area contributed by atoms with Crippen LogP contribution < -0.4 is 5.32 Å². The third-order valence-electron chi connectivity index (χ3n) is 4.69. The lowest BCUT2D eigenvalue weighted by atomic mass is 10.1. The zero-order chi connectivity index (χ0) is 17.4. The van der Waals surface area contributed by atoms with Gasteiger partial charge in [0, 0.05) is 37.4 Å². The lowest BCUT2D eigenvalue weighted by Gasteiger charge is -2.36. The highest BCUT2D eigenvalue weighted by Crippen LogP contribution is 2.18. The summed E-state index contributed by atoms with van der Waals surface area (Å²) in [6, 6.07) is 7.60. The maximum atomic E-state index is 12.7. The molecule has 7 nitrogen and oxygen atoms in total. The van der Waals surface area contributed by atoms with Crippen molar-refractivity contribution in [1.82, 2.24) is 24.9 Å². The van der Waals surface area contributed by atoms with Gasteiger partial charge in [-0.25, -0.2) is 4.79 Å². The zero-order valence-corrected chi connectivity index (χ0v) is 14.3. The highest BCUT2D eigenvalue weighted by Gasteiger charge is 2.37. The number of carbonyl (C=O) groups is 2. The Kier molecular flexibility index (Phi) is 4.09. The molecule has 1 atom stereocenters. The van der Waals surface area contributed by atoms with Gasteiger partial charge in [0.25, 0.3) is 5.91 Å². The molecule has 2 saturated heterocycles. The van der Waals surface area contributed by atoms with Crippen molar-refractivity contribution in [2.45, 2.75) is 12.6 Å². The van der Waals surface area contributed by atoms with Gasteiger partial charge in [-0.1, -0.05) is 29.8 Å². The number of fused-ring (bicyclic) bond motifs is 1. The molecular weight excluding hydrogens is 342 g/mol. The molecule has 0 bridgehead atoms. The van der Waals surface area contributed by atoms with Gasteiger partial charge in [-0.15, -0.1) is 0 Å². The predicted molar refractivity (Wildman–Crippen MR) is 92.6 cm³/mol. The number of hydrogen-bond acceptors (Lipinski definition) is 3. The molecule has 0 spiro atoms. The fourth-order valence-corrected chi connectivity index (χ4v) is 3.53. The van der Waals surface area contributed by atoms with Gasteiger partial charge in [0.05, 0.1) is 24.3 Å². The lowest BCUT2D eigenvalue weighted by Crippen LogP contribution is -2.53. The van der Waals surface area contributed by atoms with E-state index in [0.717, 1.165) is 5.56 Å². The van der Waals surface area contributed by atoms with E-state index < -0.39 is 0 Å². The summed E-state index contributed by atoms with van der Waals surface area (Å²) < 4.78 is 1.71. The summed E-state index contributed by atoms with van der Waals surface area (Å²) in [6.07, 6.45) is 3.33. The first kappa shape index (κ1) is 16.0. The van der Waals surface area contributed by atoms with E-state index in [1.54, 1.807) is 26.9 Å². The van der Waals surface area contributed by atoms with Crippen LogP contribution in [0.3, 0.4) is 0 Å². The fourth-order valence-electron chi connectivity index (χ4n) is 3.33. The highest BCUT2D eigenvalue weighted by molar-refractivity contribution is 6.31. The van der Waals surface area contributed by atoms with Crippen LogP contribution in [0, 0.1) is 0 Å². The van der Waals surface area contributed by atoms with Gasteiger partial charge < -0.3 is 15.1 Å². The summed E-state index contributed by atoms with van der Waals surface area (Å²) in [5, 5.41) is 7.78. The van der Waals surface area contributed by atoms with Crippen LogP contribution in [0.15, 0.2) is 36.7 Å². The van der Waals surface area contributed by atoms with E-state index in [1.165, 1.54) is 0 Å². The second-order valence-corrected chi connectivity index (χ2v) is 6.71. The van der Waals surface area contributed by atoms with E-state index in [9.17, 15) is 9.59 Å². The minimum atomic E-state index is -0.0515. The third-order valence-corrected chi connectivity index (χ3v) is 5.06. The average molecular weight is 360 g/mol. The van der Waals surface area contributed by atoms with E-state index in [-0.39, 0.29) is 18.0 Å². The first-order valence-electron chi connectivity index (χ1n) is 8.21. The SMILES string of the molecule is O=C(c1cnn(Cc2ccccc2Cl)c1)N1CCN2C(=O)NCC2C1. The Balaban J connectivity index is 1.44. The number of nitrogens with one attached hydrogen (secondary N) is 1. The lowest BCUT2D eigenvalue weighted by molar-refractivity contribution is 0.0617. The Morgan fingerprint density at radius 2 is 2.16 bits per heavy atom. The maximum Gasteiger partial charge on any atom is 0.317 e. The molecule has 0 saturated carbocycles. The summed E-state index contributed by atoms with van der Waals surface area (Å²) >= 11 is 6.17. The van der Waals surface area contributed by atoms with Crippen LogP contribution in [0.2, 0.25) is 5.02 Å². The number of urea groups is 1. The number of carbonyl (C=O) groups excluding carboxylic acids is 2. The van der Waals surface area contributed by atoms with Crippen molar-refractivity contribution < 1.29 is 9.59 Å². The van der Waals surface area contributed by atoms with Crippen molar-refractivity contribution >= 4 is 23.5 Å². The number of aromatic nitrogens is 2. The molecule has 3 amide bonds. The summed E-state index contributed by atoms with van der Waals surface area (Å²) in [6.45, 7) is 2.76. The van der Waals surface area contributed by atoms with Gasteiger partial charge in [0.1, 0.15) is 0 Å². The zero-order valence-electron chi connectivity index (χ0n) is 13.6. The monoisotopic (exact) mass is 359 g/mol. The molecule has 2 aromatic rings. The van der Waals surface area contributed by atoms with Gasteiger partial charge >= 0.3 is 6.03 Å². The number of halogens is 1. The Hall–Kier alpha value is -2.54. The van der Waals surface area contributed by atoms with Crippen molar-refractivity contribution in [1.29, 1.82) is 0 Å². The summed E-state index contributed by atoms with van der Waals surface area (Å²) in [5.41, 5.74) is 1.51. The van der Waals surface area contributed by atoms with E-state index in [1.807, 2.05) is 24.3 Å². The third kappa shape index (κ3) is 3.07. The van der Waals surface area contributed by atoms with Gasteiger partial charge in [-0.2, -0.15) is 5.10 Å². The molecule has 4 rings (SSSR count). The first-order chi connectivity index (χ1) is 12.1. The Morgan fingerprint density at radius 1 is 1.32 bits per heavy atom. The van der Waals surface area contributed by atoms with Crippen LogP contribution in [0.25, 0.3) is 0 Å². The van der Waals surface area contributed by atoms with Crippen LogP contribution in [0.4, 0.5) is 4.79 Å². The number of rotatable bonds is 3. The van der Waals surface area contributed by atoms with Crippen molar-refractivity contribution in [2.24, 2.45) is 0 Å². The first-order valence-corrected chi connectivity index (χ1v) is 8.59. The summed E-state index contributed by atoms with van der Waals surface area (Å²) in [5.74, 6) is -0.0515. The number of hydrogen-bond donors (Lipinski definition) is 1. The molecule has 2 fully saturated rings. The van der Waals surface area contributed by atoms with Crippen LogP contribution >= 0.6 is 11.6 Å². The van der Waals surface area contributed by atoms with Crippen molar-refractivity contribution in [3.63, 3.8) is 0 Å². The van der Waals surface area contributed by atoms with Gasteiger partial charge in [-0.05, 0) is 11.6 Å².